The summed E-state index contributed by atoms with van der Waals surface area (Å²) in [5.41, 5.74) is 8.68. The molecule has 0 bridgehead atoms. The Bertz CT molecular complexity index is 601. The second-order valence-corrected chi connectivity index (χ2v) is 5.50. The Morgan fingerprint density at radius 1 is 1.38 bits per heavy atom. The number of fused-ring (bicyclic) bond motifs is 1. The van der Waals surface area contributed by atoms with Gasteiger partial charge in [-0.1, -0.05) is 32.0 Å². The highest BCUT2D eigenvalue weighted by molar-refractivity contribution is 7.76. The van der Waals surface area contributed by atoms with Crippen molar-refractivity contribution in [3.05, 3.63) is 30.5 Å². The number of nitrogen functional groups attached to an aromatic ring is 1. The van der Waals surface area contributed by atoms with Gasteiger partial charge in [0.1, 0.15) is 0 Å². The zero-order chi connectivity index (χ0) is 15.8. The Labute approximate surface area is 127 Å². The Hall–Kier alpha value is -1.70. The minimum absolute atomic E-state index is 0.692. The summed E-state index contributed by atoms with van der Waals surface area (Å²) in [5, 5.41) is 8.54. The number of pyridine rings is 1. The van der Waals surface area contributed by atoms with Gasteiger partial charge < -0.3 is 15.6 Å². The first-order chi connectivity index (χ1) is 9.91. The third-order valence-corrected chi connectivity index (χ3v) is 2.83. The summed E-state index contributed by atoms with van der Waals surface area (Å²) in [6.45, 7) is 5.38. The quantitative estimate of drug-likeness (QED) is 0.747. The molecule has 2 aromatic rings. The largest absolute Gasteiger partial charge is 0.760 e. The molecule has 1 aromatic carbocycles. The SMILES string of the molecule is CC(C)CCNc1c(N)cnc2ccccc12.NS(=O)[O-]. The molecule has 21 heavy (non-hydrogen) atoms. The minimum atomic E-state index is -2.36. The van der Waals surface area contributed by atoms with Crippen molar-refractivity contribution in [2.24, 2.45) is 11.1 Å². The smallest absolute Gasteiger partial charge is 0.0743 e. The van der Waals surface area contributed by atoms with E-state index in [1.54, 1.807) is 6.20 Å². The number of hydrogen-bond donors (Lipinski definition) is 3. The average Bonchev–Trinajstić information content (AvgIpc) is 2.40. The maximum absolute atomic E-state index is 8.78. The van der Waals surface area contributed by atoms with Crippen molar-refractivity contribution in [2.75, 3.05) is 17.6 Å². The molecule has 0 radical (unpaired) electrons. The van der Waals surface area contributed by atoms with E-state index in [2.05, 4.69) is 35.4 Å². The van der Waals surface area contributed by atoms with Crippen LogP contribution in [-0.4, -0.2) is 20.3 Å². The van der Waals surface area contributed by atoms with Crippen molar-refractivity contribution in [2.45, 2.75) is 20.3 Å². The normalized spacial score (nSPS) is 11.9. The van der Waals surface area contributed by atoms with E-state index in [4.69, 9.17) is 14.5 Å². The van der Waals surface area contributed by atoms with Crippen molar-refractivity contribution in [3.63, 3.8) is 0 Å². The van der Waals surface area contributed by atoms with Gasteiger partial charge in [0.15, 0.2) is 0 Å². The van der Waals surface area contributed by atoms with Crippen LogP contribution in [0.2, 0.25) is 0 Å². The third kappa shape index (κ3) is 6.07. The van der Waals surface area contributed by atoms with E-state index in [1.807, 2.05) is 18.2 Å². The maximum atomic E-state index is 8.78. The second-order valence-electron chi connectivity index (χ2n) is 4.98. The van der Waals surface area contributed by atoms with Crippen LogP contribution in [0, 0.1) is 5.92 Å². The van der Waals surface area contributed by atoms with Gasteiger partial charge in [-0.15, -0.1) is 0 Å². The van der Waals surface area contributed by atoms with Crippen LogP contribution in [0.25, 0.3) is 10.9 Å². The molecule has 0 saturated heterocycles. The van der Waals surface area contributed by atoms with Gasteiger partial charge in [0.05, 0.1) is 23.1 Å². The van der Waals surface area contributed by atoms with E-state index in [1.165, 1.54) is 0 Å². The van der Waals surface area contributed by atoms with Crippen LogP contribution in [0.1, 0.15) is 20.3 Å². The lowest BCUT2D eigenvalue weighted by Crippen LogP contribution is -2.07. The first-order valence-electron chi connectivity index (χ1n) is 6.62. The second kappa shape index (κ2) is 8.56. The van der Waals surface area contributed by atoms with Gasteiger partial charge in [-0.2, -0.15) is 0 Å². The fraction of sp³-hybridized carbons (Fsp3) is 0.357. The lowest BCUT2D eigenvalue weighted by atomic mass is 10.1. The molecule has 1 aromatic heterocycles. The molecule has 0 aliphatic carbocycles. The molecule has 1 heterocycles. The summed E-state index contributed by atoms with van der Waals surface area (Å²) < 4.78 is 17.6. The minimum Gasteiger partial charge on any atom is -0.760 e. The number of nitrogens with two attached hydrogens (primary N) is 2. The lowest BCUT2D eigenvalue weighted by Gasteiger charge is -2.13. The molecule has 0 amide bonds. The van der Waals surface area contributed by atoms with E-state index in [0.29, 0.717) is 11.6 Å². The van der Waals surface area contributed by atoms with Gasteiger partial charge in [-0.05, 0) is 18.4 Å². The molecule has 0 aliphatic heterocycles. The summed E-state index contributed by atoms with van der Waals surface area (Å²) >= 11 is -2.36. The third-order valence-electron chi connectivity index (χ3n) is 2.83. The summed E-state index contributed by atoms with van der Waals surface area (Å²) in [4.78, 5) is 4.32. The Kier molecular flexibility index (Phi) is 7.07. The van der Waals surface area contributed by atoms with E-state index >= 15 is 0 Å². The summed E-state index contributed by atoms with van der Waals surface area (Å²) in [6.07, 6.45) is 2.86. The molecule has 7 heteroatoms. The Morgan fingerprint density at radius 3 is 2.62 bits per heavy atom. The molecule has 0 saturated carbocycles. The van der Waals surface area contributed by atoms with Gasteiger partial charge >= 0.3 is 0 Å². The van der Waals surface area contributed by atoms with Gasteiger partial charge in [0, 0.05) is 23.2 Å². The highest BCUT2D eigenvalue weighted by Crippen LogP contribution is 2.27. The number of hydrogen-bond acceptors (Lipinski definition) is 5. The molecule has 1 atom stereocenters. The topological polar surface area (TPSA) is 117 Å². The maximum Gasteiger partial charge on any atom is 0.0743 e. The fourth-order valence-corrected chi connectivity index (χ4v) is 1.84. The van der Waals surface area contributed by atoms with Crippen molar-refractivity contribution >= 4 is 33.5 Å². The average molecular weight is 309 g/mol. The van der Waals surface area contributed by atoms with E-state index < -0.39 is 11.3 Å². The number of nitrogens with one attached hydrogen (secondary N) is 1. The Balaban J connectivity index is 0.000000491. The van der Waals surface area contributed by atoms with Crippen LogP contribution >= 0.6 is 0 Å². The number of nitrogens with zero attached hydrogens (tertiary/aromatic N) is 1. The summed E-state index contributed by atoms with van der Waals surface area (Å²) in [7, 11) is 0. The van der Waals surface area contributed by atoms with Crippen molar-refractivity contribution in [1.29, 1.82) is 0 Å². The number of para-hydroxylation sites is 1. The lowest BCUT2D eigenvalue weighted by molar-refractivity contribution is 0.539. The number of rotatable bonds is 4. The number of anilines is 2. The van der Waals surface area contributed by atoms with Gasteiger partial charge in [0.2, 0.25) is 0 Å². The van der Waals surface area contributed by atoms with Crippen molar-refractivity contribution < 1.29 is 8.76 Å². The summed E-state index contributed by atoms with van der Waals surface area (Å²) in [5.74, 6) is 0.692. The molecule has 6 nitrogen and oxygen atoms in total. The van der Waals surface area contributed by atoms with E-state index in [9.17, 15) is 0 Å². The number of aromatic nitrogens is 1. The molecule has 0 fully saturated rings. The Morgan fingerprint density at radius 2 is 2.00 bits per heavy atom. The molecule has 116 valence electrons. The molecule has 5 N–H and O–H groups in total. The zero-order valence-corrected chi connectivity index (χ0v) is 13.0. The van der Waals surface area contributed by atoms with Crippen molar-refractivity contribution in [1.82, 2.24) is 4.98 Å². The molecular weight excluding hydrogens is 288 g/mol. The zero-order valence-electron chi connectivity index (χ0n) is 12.2. The predicted octanol–water partition coefficient (Wildman–Crippen LogP) is 2.01. The molecular formula is C14H21N4O2S-. The van der Waals surface area contributed by atoms with Gasteiger partial charge in [-0.3, -0.25) is 14.3 Å². The standard InChI is InChI=1S/C14H19N3.H3NO2S/c1-10(2)7-8-16-14-11-5-3-4-6-13(11)17-9-12(14)15;1-4(2)3/h3-6,9-10H,7-8,15H2,1-2H3,(H,16,17);1H2,(H,2,3)/p-1. The van der Waals surface area contributed by atoms with Crippen LogP contribution in [0.5, 0.6) is 0 Å². The molecule has 2 rings (SSSR count). The first kappa shape index (κ1) is 17.4. The highest BCUT2D eigenvalue weighted by atomic mass is 32.2. The van der Waals surface area contributed by atoms with Crippen LogP contribution in [-0.2, 0) is 11.3 Å². The van der Waals surface area contributed by atoms with Crippen LogP contribution in [0.3, 0.4) is 0 Å². The van der Waals surface area contributed by atoms with Crippen LogP contribution in [0.4, 0.5) is 11.4 Å². The number of benzene rings is 1. The molecule has 0 aliphatic rings. The van der Waals surface area contributed by atoms with Gasteiger partial charge in [0.25, 0.3) is 0 Å². The van der Waals surface area contributed by atoms with E-state index in [-0.39, 0.29) is 0 Å². The molecule has 0 spiro atoms. The van der Waals surface area contributed by atoms with Gasteiger partial charge in [-0.25, -0.2) is 0 Å². The van der Waals surface area contributed by atoms with E-state index in [0.717, 1.165) is 29.6 Å². The van der Waals surface area contributed by atoms with Crippen molar-refractivity contribution in [3.8, 4) is 0 Å². The predicted molar refractivity (Wildman–Crippen MR) is 87.2 cm³/mol. The first-order valence-corrected chi connectivity index (χ1v) is 7.76. The molecule has 1 unspecified atom stereocenters. The highest BCUT2D eigenvalue weighted by Gasteiger charge is 2.05. The van der Waals surface area contributed by atoms with Crippen LogP contribution in [0.15, 0.2) is 30.5 Å². The fourth-order valence-electron chi connectivity index (χ4n) is 1.84. The van der Waals surface area contributed by atoms with Crippen LogP contribution < -0.4 is 16.2 Å². The monoisotopic (exact) mass is 309 g/mol. The summed E-state index contributed by atoms with van der Waals surface area (Å²) in [6, 6.07) is 8.05.